The molecule has 1 saturated heterocycles. The quantitative estimate of drug-likeness (QED) is 0.643. The number of phenolic OH excluding ortho intramolecular Hbond substituents is 1. The Morgan fingerprint density at radius 3 is 2.18 bits per heavy atom. The van der Waals surface area contributed by atoms with Gasteiger partial charge in [0, 0.05) is 5.56 Å². The van der Waals surface area contributed by atoms with Gasteiger partial charge in [0.15, 0.2) is 5.72 Å². The first-order valence-electron chi connectivity index (χ1n) is 8.30. The molecule has 148 valence electrons. The van der Waals surface area contributed by atoms with Gasteiger partial charge in [-0.3, -0.25) is 4.79 Å². The van der Waals surface area contributed by atoms with Crippen LogP contribution in [0.5, 0.6) is 5.75 Å². The van der Waals surface area contributed by atoms with Crippen molar-refractivity contribution in [2.24, 2.45) is 5.92 Å². The minimum Gasteiger partial charge on any atom is -0.508 e. The lowest BCUT2D eigenvalue weighted by atomic mass is 9.76. The second kappa shape index (κ2) is 6.83. The number of amides is 2. The summed E-state index contributed by atoms with van der Waals surface area (Å²) < 4.78 is 40.1. The Hall–Kier alpha value is -3.07. The number of aromatic hydroxyl groups is 1. The Morgan fingerprint density at radius 2 is 1.64 bits per heavy atom. The number of Topliss-reactive ketones (excluding diaryl/α,β-unsaturated/α-hetero) is 1. The van der Waals surface area contributed by atoms with Gasteiger partial charge in [-0.05, 0) is 24.6 Å². The highest BCUT2D eigenvalue weighted by Crippen LogP contribution is 2.43. The average Bonchev–Trinajstić information content (AvgIpc) is 2.61. The number of carbonyl (C=O) groups is 2. The topological polar surface area (TPSA) is 98.7 Å². The fourth-order valence-corrected chi connectivity index (χ4v) is 3.29. The summed E-state index contributed by atoms with van der Waals surface area (Å²) in [6, 6.07) is 8.36. The predicted octanol–water partition coefficient (Wildman–Crippen LogP) is 2.65. The highest BCUT2D eigenvalue weighted by Gasteiger charge is 2.59. The Kier molecular flexibility index (Phi) is 4.80. The van der Waals surface area contributed by atoms with E-state index in [-0.39, 0.29) is 16.9 Å². The van der Waals surface area contributed by atoms with Crippen molar-refractivity contribution in [3.05, 3.63) is 65.2 Å². The van der Waals surface area contributed by atoms with E-state index >= 15 is 0 Å². The van der Waals surface area contributed by atoms with Crippen molar-refractivity contribution in [2.45, 2.75) is 24.9 Å². The molecule has 2 aromatic carbocycles. The molecule has 0 bridgehead atoms. The third-order valence-corrected chi connectivity index (χ3v) is 4.68. The van der Waals surface area contributed by atoms with Crippen molar-refractivity contribution in [1.82, 2.24) is 10.6 Å². The molecule has 3 atom stereocenters. The first kappa shape index (κ1) is 19.7. The molecule has 1 aliphatic rings. The third kappa shape index (κ3) is 3.53. The number of urea groups is 1. The predicted molar refractivity (Wildman–Crippen MR) is 92.1 cm³/mol. The molecule has 0 aliphatic carbocycles. The molecule has 1 heterocycles. The van der Waals surface area contributed by atoms with Crippen molar-refractivity contribution in [2.75, 3.05) is 0 Å². The lowest BCUT2D eigenvalue weighted by Gasteiger charge is -2.45. The SMILES string of the molecule is Cc1ccc([C@]2(O)NC(=O)N[C@H](c3ccc(O)cc3)[C@@H]2C(=O)C(F)(F)F)cc1. The van der Waals surface area contributed by atoms with Crippen LogP contribution in [0.25, 0.3) is 0 Å². The molecule has 28 heavy (non-hydrogen) atoms. The number of nitrogens with one attached hydrogen (secondary N) is 2. The maximum atomic E-state index is 13.4. The number of phenols is 1. The standard InChI is InChI=1S/C19H17F3N2O4/c1-10-2-6-12(7-3-10)18(28)14(16(26)19(20,21)22)15(23-17(27)24-18)11-4-8-13(25)9-5-11/h2-9,14-15,25,28H,1H3,(H2,23,24,27)/t14-,15-,18-/m1/s1. The Morgan fingerprint density at radius 1 is 1.07 bits per heavy atom. The van der Waals surface area contributed by atoms with Crippen molar-refractivity contribution in [3.8, 4) is 5.75 Å². The maximum Gasteiger partial charge on any atom is 0.450 e. The molecule has 0 aromatic heterocycles. The molecule has 0 radical (unpaired) electrons. The first-order valence-corrected chi connectivity index (χ1v) is 8.30. The molecule has 4 N–H and O–H groups in total. The van der Waals surface area contributed by atoms with Gasteiger partial charge in [0.1, 0.15) is 11.7 Å². The molecule has 2 aromatic rings. The van der Waals surface area contributed by atoms with Crippen LogP contribution in [0.15, 0.2) is 48.5 Å². The highest BCUT2D eigenvalue weighted by molar-refractivity contribution is 5.91. The van der Waals surface area contributed by atoms with Crippen molar-refractivity contribution >= 4 is 11.8 Å². The van der Waals surface area contributed by atoms with E-state index < -0.39 is 35.7 Å². The summed E-state index contributed by atoms with van der Waals surface area (Å²) in [5.74, 6) is -4.44. The molecule has 1 aliphatic heterocycles. The number of rotatable bonds is 3. The molecule has 0 saturated carbocycles. The van der Waals surface area contributed by atoms with Crippen LogP contribution in [0.2, 0.25) is 0 Å². The fourth-order valence-electron chi connectivity index (χ4n) is 3.29. The Balaban J connectivity index is 2.18. The minimum atomic E-state index is -5.25. The number of hydrogen-bond acceptors (Lipinski definition) is 4. The molecule has 1 fully saturated rings. The number of aliphatic hydroxyl groups is 1. The van der Waals surface area contributed by atoms with E-state index in [9.17, 15) is 33.0 Å². The van der Waals surface area contributed by atoms with Crippen LogP contribution < -0.4 is 10.6 Å². The molecule has 9 heteroatoms. The van der Waals surface area contributed by atoms with Gasteiger partial charge >= 0.3 is 12.2 Å². The zero-order chi connectivity index (χ0) is 20.7. The van der Waals surface area contributed by atoms with E-state index in [1.165, 1.54) is 36.4 Å². The second-order valence-corrected chi connectivity index (χ2v) is 6.64. The van der Waals surface area contributed by atoms with Gasteiger partial charge in [0.05, 0.1) is 6.04 Å². The summed E-state index contributed by atoms with van der Waals surface area (Å²) in [5, 5.41) is 24.9. The number of hydrogen-bond donors (Lipinski definition) is 4. The number of carbonyl (C=O) groups excluding carboxylic acids is 2. The summed E-state index contributed by atoms with van der Waals surface area (Å²) in [7, 11) is 0. The smallest absolute Gasteiger partial charge is 0.450 e. The van der Waals surface area contributed by atoms with E-state index in [0.717, 1.165) is 5.56 Å². The summed E-state index contributed by atoms with van der Waals surface area (Å²) >= 11 is 0. The summed E-state index contributed by atoms with van der Waals surface area (Å²) in [6.45, 7) is 1.74. The Labute approximate surface area is 158 Å². The normalized spacial score (nSPS) is 25.0. The molecule has 0 unspecified atom stereocenters. The Bertz CT molecular complexity index is 897. The fraction of sp³-hybridized carbons (Fsp3) is 0.263. The maximum absolute atomic E-state index is 13.4. The lowest BCUT2D eigenvalue weighted by Crippen LogP contribution is -2.66. The summed E-state index contributed by atoms with van der Waals surface area (Å²) in [4.78, 5) is 24.5. The highest BCUT2D eigenvalue weighted by atomic mass is 19.4. The van der Waals surface area contributed by atoms with Crippen molar-refractivity contribution in [3.63, 3.8) is 0 Å². The number of alkyl halides is 3. The molecular weight excluding hydrogens is 377 g/mol. The van der Waals surface area contributed by atoms with E-state index in [2.05, 4.69) is 10.6 Å². The van der Waals surface area contributed by atoms with Gasteiger partial charge in [0.2, 0.25) is 5.78 Å². The van der Waals surface area contributed by atoms with Crippen molar-refractivity contribution in [1.29, 1.82) is 0 Å². The molecule has 3 rings (SSSR count). The van der Waals surface area contributed by atoms with Crippen LogP contribution in [-0.2, 0) is 10.5 Å². The van der Waals surface area contributed by atoms with Gasteiger partial charge in [-0.15, -0.1) is 0 Å². The van der Waals surface area contributed by atoms with E-state index in [1.807, 2.05) is 0 Å². The van der Waals surface area contributed by atoms with Gasteiger partial charge in [-0.25, -0.2) is 4.79 Å². The van der Waals surface area contributed by atoms with E-state index in [4.69, 9.17) is 0 Å². The number of aryl methyl sites for hydroxylation is 1. The van der Waals surface area contributed by atoms with Gasteiger partial charge < -0.3 is 20.8 Å². The average molecular weight is 394 g/mol. The number of halogens is 3. The first-order chi connectivity index (χ1) is 13.0. The largest absolute Gasteiger partial charge is 0.508 e. The van der Waals surface area contributed by atoms with Crippen LogP contribution in [0.1, 0.15) is 22.7 Å². The summed E-state index contributed by atoms with van der Waals surface area (Å²) in [5.41, 5.74) is -1.74. The summed E-state index contributed by atoms with van der Waals surface area (Å²) in [6.07, 6.45) is -5.25. The van der Waals surface area contributed by atoms with Crippen molar-refractivity contribution < 1.29 is 33.0 Å². The van der Waals surface area contributed by atoms with Gasteiger partial charge in [0.25, 0.3) is 0 Å². The van der Waals surface area contributed by atoms with Crippen LogP contribution >= 0.6 is 0 Å². The zero-order valence-electron chi connectivity index (χ0n) is 14.6. The number of ketones is 1. The van der Waals surface area contributed by atoms with Crippen LogP contribution in [-0.4, -0.2) is 28.2 Å². The monoisotopic (exact) mass is 394 g/mol. The van der Waals surface area contributed by atoms with E-state index in [0.29, 0.717) is 0 Å². The van der Waals surface area contributed by atoms with Gasteiger partial charge in [-0.1, -0.05) is 42.0 Å². The van der Waals surface area contributed by atoms with Crippen LogP contribution in [0.3, 0.4) is 0 Å². The number of benzene rings is 2. The zero-order valence-corrected chi connectivity index (χ0v) is 14.6. The minimum absolute atomic E-state index is 0.0562. The van der Waals surface area contributed by atoms with E-state index in [1.54, 1.807) is 19.1 Å². The molecule has 2 amide bonds. The van der Waals surface area contributed by atoms with Crippen LogP contribution in [0.4, 0.5) is 18.0 Å². The van der Waals surface area contributed by atoms with Crippen LogP contribution in [0, 0.1) is 12.8 Å². The molecular formula is C19H17F3N2O4. The lowest BCUT2D eigenvalue weighted by molar-refractivity contribution is -0.190. The molecule has 6 nitrogen and oxygen atoms in total. The molecule has 0 spiro atoms. The third-order valence-electron chi connectivity index (χ3n) is 4.68. The second-order valence-electron chi connectivity index (χ2n) is 6.64. The van der Waals surface area contributed by atoms with Gasteiger partial charge in [-0.2, -0.15) is 13.2 Å².